The highest BCUT2D eigenvalue weighted by Crippen LogP contribution is 2.41. The van der Waals surface area contributed by atoms with E-state index in [0.29, 0.717) is 0 Å². The van der Waals surface area contributed by atoms with Gasteiger partial charge in [-0.05, 0) is 125 Å². The predicted molar refractivity (Wildman–Crippen MR) is 313 cm³/mol. The second-order valence-corrected chi connectivity index (χ2v) is 19.9. The van der Waals surface area contributed by atoms with E-state index in [2.05, 4.69) is 207 Å². The highest BCUT2D eigenvalue weighted by Gasteiger charge is 2.27. The molecule has 0 saturated heterocycles. The fourth-order valence-corrected chi connectivity index (χ4v) is 9.64. The third-order valence-corrected chi connectivity index (χ3v) is 14.1. The van der Waals surface area contributed by atoms with Crippen LogP contribution in [0.25, 0.3) is 0 Å². The minimum absolute atomic E-state index is 1.10. The molecule has 1 aliphatic carbocycles. The number of rotatable bonds is 32. The Labute approximate surface area is 428 Å². The van der Waals surface area contributed by atoms with Crippen molar-refractivity contribution in [1.29, 1.82) is 0 Å². The molecule has 380 valence electrons. The van der Waals surface area contributed by atoms with E-state index in [1.165, 1.54) is 171 Å². The summed E-state index contributed by atoms with van der Waals surface area (Å²) in [4.78, 5) is 10.3. The van der Waals surface area contributed by atoms with E-state index in [0.717, 1.165) is 52.4 Å². The molecule has 0 fully saturated rings. The molecule has 0 saturated carbocycles. The van der Waals surface area contributed by atoms with Crippen molar-refractivity contribution >= 4 is 56.9 Å². The number of aryl methyl sites for hydroxylation is 2. The summed E-state index contributed by atoms with van der Waals surface area (Å²) in [6.07, 6.45) is 28.7. The van der Waals surface area contributed by atoms with Crippen molar-refractivity contribution in [2.24, 2.45) is 0 Å². The molecule has 0 spiro atoms. The summed E-state index contributed by atoms with van der Waals surface area (Å²) < 4.78 is 5.09. The Bertz CT molecular complexity index is 2130. The Morgan fingerprint density at radius 3 is 1.04 bits per heavy atom. The van der Waals surface area contributed by atoms with Crippen LogP contribution in [-0.4, -0.2) is 68.4 Å². The van der Waals surface area contributed by atoms with Crippen LogP contribution in [0.3, 0.4) is 0 Å². The highest BCUT2D eigenvalue weighted by molar-refractivity contribution is 6.18. The van der Waals surface area contributed by atoms with E-state index in [-0.39, 0.29) is 0 Å². The Hall–Kier alpha value is -5.10. The summed E-state index contributed by atoms with van der Waals surface area (Å²) in [5.41, 5.74) is 14.9. The minimum Gasteiger partial charge on any atom is -0.372 e. The lowest BCUT2D eigenvalue weighted by Crippen LogP contribution is -2.26. The largest absolute Gasteiger partial charge is 0.372 e. The number of allylic oxidation sites excluding steroid dienone is 4. The van der Waals surface area contributed by atoms with Gasteiger partial charge >= 0.3 is 0 Å². The molecule has 0 bridgehead atoms. The Balaban J connectivity index is 1.67. The van der Waals surface area contributed by atoms with E-state index in [1.54, 1.807) is 0 Å². The molecule has 0 amide bonds. The van der Waals surface area contributed by atoms with Crippen molar-refractivity contribution in [3.63, 3.8) is 0 Å². The number of nitrogens with zero attached hydrogens (tertiary/aromatic N) is 6. The van der Waals surface area contributed by atoms with Crippen molar-refractivity contribution in [3.05, 3.63) is 120 Å². The SMILES string of the molecule is CCCCN(CCCC)c1ccc(N(c2ccc(N(CCCC)CCCC)cc2)c2cc(C)c([N+](=C3C=CC(=[N+](CCCC)CCCC)C=C3)c3ccc(N(CCCC)CCCC)cc3)cc2C)cc1. The molecule has 4 aromatic rings. The van der Waals surface area contributed by atoms with Gasteiger partial charge in [0.1, 0.15) is 13.1 Å². The number of unbranched alkanes of at least 4 members (excludes halogenated alkanes) is 8. The van der Waals surface area contributed by atoms with Crippen LogP contribution < -0.4 is 24.2 Å². The summed E-state index contributed by atoms with van der Waals surface area (Å²) in [7, 11) is 0. The molecule has 6 nitrogen and oxygen atoms in total. The zero-order valence-corrected chi connectivity index (χ0v) is 46.0. The summed E-state index contributed by atoms with van der Waals surface area (Å²) in [5, 5.41) is 0. The first-order valence-corrected chi connectivity index (χ1v) is 28.4. The lowest BCUT2D eigenvalue weighted by Gasteiger charge is -2.30. The number of benzene rings is 4. The third-order valence-electron chi connectivity index (χ3n) is 14.1. The van der Waals surface area contributed by atoms with Crippen molar-refractivity contribution in [1.82, 2.24) is 4.58 Å². The second kappa shape index (κ2) is 30.6. The zero-order valence-electron chi connectivity index (χ0n) is 46.0. The van der Waals surface area contributed by atoms with Gasteiger partial charge in [0, 0.05) is 134 Å². The molecule has 0 aliphatic heterocycles. The summed E-state index contributed by atoms with van der Waals surface area (Å²) >= 11 is 0. The fourth-order valence-electron chi connectivity index (χ4n) is 9.64. The van der Waals surface area contributed by atoms with Crippen LogP contribution in [0.15, 0.2) is 109 Å². The quantitative estimate of drug-likeness (QED) is 0.0359. The standard InChI is InChI=1S/C64H96N6/c1-11-19-43-65(44-20-12-2)55-27-35-59(36-28-55)69(60-37-29-56(30-38-60)66(45-21-13-3)46-22-14-4)63-51-54(10)64(52-53(63)9)70(61-39-31-57(32-40-61)67(47-23-15-5)48-24-16-6)62-41-33-58(34-42-62)68(49-25-17-7)50-26-18-8/h27-42,51-52H,11-26,43-50H2,1-10H3/q+2. The van der Waals surface area contributed by atoms with E-state index in [1.807, 2.05) is 0 Å². The van der Waals surface area contributed by atoms with Gasteiger partial charge in [-0.15, -0.1) is 0 Å². The first kappa shape index (κ1) is 55.8. The van der Waals surface area contributed by atoms with Gasteiger partial charge < -0.3 is 19.6 Å². The molecule has 70 heavy (non-hydrogen) atoms. The normalized spacial score (nSPS) is 12.2. The van der Waals surface area contributed by atoms with Crippen LogP contribution in [-0.2, 0) is 0 Å². The lowest BCUT2D eigenvalue weighted by molar-refractivity contribution is -0.527. The molecule has 0 atom stereocenters. The van der Waals surface area contributed by atoms with Crippen LogP contribution >= 0.6 is 0 Å². The monoisotopic (exact) mass is 949 g/mol. The fraction of sp³-hybridized carbons (Fsp3) is 0.531. The van der Waals surface area contributed by atoms with E-state index in [9.17, 15) is 0 Å². The van der Waals surface area contributed by atoms with Crippen molar-refractivity contribution < 1.29 is 4.58 Å². The summed E-state index contributed by atoms with van der Waals surface area (Å²) in [6.45, 7) is 31.8. The Morgan fingerprint density at radius 1 is 0.357 bits per heavy atom. The molecule has 5 rings (SSSR count). The smallest absolute Gasteiger partial charge is 0.215 e. The molecule has 0 unspecified atom stereocenters. The molecule has 0 radical (unpaired) electrons. The maximum Gasteiger partial charge on any atom is 0.215 e. The van der Waals surface area contributed by atoms with Crippen LogP contribution in [0.4, 0.5) is 45.5 Å². The second-order valence-electron chi connectivity index (χ2n) is 19.9. The van der Waals surface area contributed by atoms with Crippen LogP contribution in [0.1, 0.15) is 169 Å². The zero-order chi connectivity index (χ0) is 50.1. The third kappa shape index (κ3) is 16.0. The molecule has 0 aromatic heterocycles. The molecular weight excluding hydrogens is 853 g/mol. The minimum atomic E-state index is 1.10. The first-order valence-electron chi connectivity index (χ1n) is 28.4. The first-order chi connectivity index (χ1) is 34.2. The predicted octanol–water partition coefficient (Wildman–Crippen LogP) is 17.4. The van der Waals surface area contributed by atoms with E-state index in [4.69, 9.17) is 0 Å². The van der Waals surface area contributed by atoms with Crippen molar-refractivity contribution in [2.75, 3.05) is 72.0 Å². The van der Waals surface area contributed by atoms with E-state index >= 15 is 0 Å². The molecule has 1 aliphatic rings. The van der Waals surface area contributed by atoms with Gasteiger partial charge in [-0.25, -0.2) is 4.58 Å². The molecule has 0 N–H and O–H groups in total. The summed E-state index contributed by atoms with van der Waals surface area (Å²) in [5.74, 6) is 0. The maximum absolute atomic E-state index is 2.59. The number of anilines is 6. The molecule has 4 aromatic carbocycles. The van der Waals surface area contributed by atoms with Gasteiger partial charge in [-0.1, -0.05) is 107 Å². The number of hydrogen-bond donors (Lipinski definition) is 0. The van der Waals surface area contributed by atoms with Gasteiger partial charge in [0.2, 0.25) is 17.1 Å². The van der Waals surface area contributed by atoms with Crippen molar-refractivity contribution in [3.8, 4) is 0 Å². The number of hydrogen-bond acceptors (Lipinski definition) is 4. The Kier molecular flexibility index (Phi) is 24.4. The van der Waals surface area contributed by atoms with Gasteiger partial charge in [-0.3, -0.25) is 0 Å². The van der Waals surface area contributed by atoms with Gasteiger partial charge in [-0.2, -0.15) is 4.58 Å². The average Bonchev–Trinajstić information content (AvgIpc) is 3.39. The van der Waals surface area contributed by atoms with Gasteiger partial charge in [0.05, 0.1) is 0 Å². The average molecular weight is 950 g/mol. The maximum atomic E-state index is 2.59. The van der Waals surface area contributed by atoms with Crippen molar-refractivity contribution in [2.45, 2.75) is 172 Å². The molecular formula is C64H96N6+2. The Morgan fingerprint density at radius 2 is 0.686 bits per heavy atom. The van der Waals surface area contributed by atoms with Gasteiger partial charge in [0.15, 0.2) is 5.71 Å². The van der Waals surface area contributed by atoms with Crippen LogP contribution in [0.2, 0.25) is 0 Å². The molecule has 6 heteroatoms. The summed E-state index contributed by atoms with van der Waals surface area (Å²) in [6, 6.07) is 33.2. The molecule has 0 heterocycles. The van der Waals surface area contributed by atoms with E-state index < -0.39 is 0 Å². The topological polar surface area (TPSA) is 19.0 Å². The lowest BCUT2D eigenvalue weighted by atomic mass is 10.0. The van der Waals surface area contributed by atoms with Crippen LogP contribution in [0, 0.1) is 13.8 Å². The van der Waals surface area contributed by atoms with Gasteiger partial charge in [0.25, 0.3) is 0 Å². The van der Waals surface area contributed by atoms with Crippen LogP contribution in [0.5, 0.6) is 0 Å². The highest BCUT2D eigenvalue weighted by atomic mass is 15.2.